The highest BCUT2D eigenvalue weighted by Gasteiger charge is 2.35. The summed E-state index contributed by atoms with van der Waals surface area (Å²) in [5.41, 5.74) is 2.24. The van der Waals surface area contributed by atoms with Crippen molar-refractivity contribution in [2.75, 3.05) is 19.0 Å². The van der Waals surface area contributed by atoms with Crippen LogP contribution in [0.2, 0.25) is 0 Å². The Kier molecular flexibility index (Phi) is 6.38. The van der Waals surface area contributed by atoms with E-state index in [0.717, 1.165) is 6.42 Å². The maximum Gasteiger partial charge on any atom is 0.338 e. The van der Waals surface area contributed by atoms with E-state index in [0.29, 0.717) is 28.9 Å². The summed E-state index contributed by atoms with van der Waals surface area (Å²) >= 11 is 0. The van der Waals surface area contributed by atoms with Crippen molar-refractivity contribution >= 4 is 23.6 Å². The molecule has 0 fully saturated rings. The molecule has 1 aliphatic heterocycles. The third-order valence-corrected chi connectivity index (χ3v) is 4.23. The number of hydrogen-bond acceptors (Lipinski definition) is 4. The summed E-state index contributed by atoms with van der Waals surface area (Å²) in [6.45, 7) is 5.62. The molecule has 1 unspecified atom stereocenters. The molecule has 140 valence electrons. The Balaban J connectivity index is 2.39. The molecular weight excluding hydrogens is 334 g/mol. The van der Waals surface area contributed by atoms with Gasteiger partial charge in [0.05, 0.1) is 18.2 Å². The SMILES string of the molecule is CCCC(=O)Nc1cccc(C2NC(=O)N(C)C(C)=C2C(=O)OCC)c1. The van der Waals surface area contributed by atoms with E-state index >= 15 is 0 Å². The van der Waals surface area contributed by atoms with Crippen molar-refractivity contribution in [3.05, 3.63) is 41.1 Å². The topological polar surface area (TPSA) is 87.7 Å². The fraction of sp³-hybridized carbons (Fsp3) is 0.421. The van der Waals surface area contributed by atoms with Gasteiger partial charge in [0.2, 0.25) is 5.91 Å². The zero-order valence-corrected chi connectivity index (χ0v) is 15.6. The zero-order valence-electron chi connectivity index (χ0n) is 15.6. The number of rotatable bonds is 6. The van der Waals surface area contributed by atoms with E-state index in [1.807, 2.05) is 6.92 Å². The van der Waals surface area contributed by atoms with E-state index in [9.17, 15) is 14.4 Å². The van der Waals surface area contributed by atoms with E-state index in [2.05, 4.69) is 10.6 Å². The standard InChI is InChI=1S/C19H25N3O4/c1-5-8-15(23)20-14-10-7-9-13(11-14)17-16(18(24)26-6-2)12(3)22(4)19(25)21-17/h7,9-11,17H,5-6,8H2,1-4H3,(H,20,23)(H,21,25). The highest BCUT2D eigenvalue weighted by molar-refractivity contribution is 5.95. The number of hydrogen-bond donors (Lipinski definition) is 2. The second kappa shape index (κ2) is 8.51. The molecule has 1 aliphatic rings. The molecule has 0 radical (unpaired) electrons. The first-order valence-electron chi connectivity index (χ1n) is 8.70. The van der Waals surface area contributed by atoms with Gasteiger partial charge in [0, 0.05) is 24.9 Å². The van der Waals surface area contributed by atoms with Crippen LogP contribution in [0.15, 0.2) is 35.5 Å². The van der Waals surface area contributed by atoms with Gasteiger partial charge in [0.1, 0.15) is 0 Å². The quantitative estimate of drug-likeness (QED) is 0.765. The van der Waals surface area contributed by atoms with E-state index in [-0.39, 0.29) is 18.5 Å². The van der Waals surface area contributed by atoms with Gasteiger partial charge in [0.15, 0.2) is 0 Å². The molecule has 0 aliphatic carbocycles. The molecule has 0 spiro atoms. The molecule has 7 nitrogen and oxygen atoms in total. The molecule has 0 aromatic heterocycles. The van der Waals surface area contributed by atoms with Crippen molar-refractivity contribution in [2.45, 2.75) is 39.7 Å². The van der Waals surface area contributed by atoms with Crippen LogP contribution in [-0.2, 0) is 14.3 Å². The largest absolute Gasteiger partial charge is 0.463 e. The fourth-order valence-electron chi connectivity index (χ4n) is 2.81. The zero-order chi connectivity index (χ0) is 19.3. The lowest BCUT2D eigenvalue weighted by Crippen LogP contribution is -2.46. The van der Waals surface area contributed by atoms with Gasteiger partial charge in [-0.1, -0.05) is 19.1 Å². The first-order chi connectivity index (χ1) is 12.4. The molecule has 2 rings (SSSR count). The van der Waals surface area contributed by atoms with Gasteiger partial charge < -0.3 is 20.3 Å². The molecule has 2 N–H and O–H groups in total. The molecule has 0 bridgehead atoms. The summed E-state index contributed by atoms with van der Waals surface area (Å²) in [4.78, 5) is 37.9. The van der Waals surface area contributed by atoms with Gasteiger partial charge in [-0.2, -0.15) is 0 Å². The molecule has 0 saturated heterocycles. The first kappa shape index (κ1) is 19.5. The Hall–Kier alpha value is -2.83. The third kappa shape index (κ3) is 4.22. The summed E-state index contributed by atoms with van der Waals surface area (Å²) in [7, 11) is 1.60. The molecule has 0 saturated carbocycles. The number of esters is 1. The van der Waals surface area contributed by atoms with Crippen molar-refractivity contribution in [1.82, 2.24) is 10.2 Å². The maximum atomic E-state index is 12.5. The number of urea groups is 1. The fourth-order valence-corrected chi connectivity index (χ4v) is 2.81. The molecule has 1 heterocycles. The second-order valence-corrected chi connectivity index (χ2v) is 6.08. The van der Waals surface area contributed by atoms with Crippen LogP contribution in [0.5, 0.6) is 0 Å². The summed E-state index contributed by atoms with van der Waals surface area (Å²) in [5.74, 6) is -0.545. The van der Waals surface area contributed by atoms with Crippen molar-refractivity contribution in [3.8, 4) is 0 Å². The number of allylic oxidation sites excluding steroid dienone is 1. The van der Waals surface area contributed by atoms with Gasteiger partial charge in [-0.3, -0.25) is 4.79 Å². The van der Waals surface area contributed by atoms with Crippen molar-refractivity contribution in [2.24, 2.45) is 0 Å². The van der Waals surface area contributed by atoms with Crippen LogP contribution in [0.3, 0.4) is 0 Å². The van der Waals surface area contributed by atoms with E-state index < -0.39 is 12.0 Å². The van der Waals surface area contributed by atoms with Crippen LogP contribution in [-0.4, -0.2) is 36.5 Å². The van der Waals surface area contributed by atoms with Crippen molar-refractivity contribution in [1.29, 1.82) is 0 Å². The smallest absolute Gasteiger partial charge is 0.338 e. The number of nitrogens with one attached hydrogen (secondary N) is 2. The Bertz CT molecular complexity index is 742. The van der Waals surface area contributed by atoms with E-state index in [1.165, 1.54) is 4.90 Å². The molecule has 1 atom stereocenters. The molecule has 1 aromatic carbocycles. The van der Waals surface area contributed by atoms with Gasteiger partial charge in [-0.05, 0) is 38.0 Å². The minimum absolute atomic E-state index is 0.0746. The predicted octanol–water partition coefficient (Wildman–Crippen LogP) is 2.96. The van der Waals surface area contributed by atoms with Gasteiger partial charge in [-0.25, -0.2) is 9.59 Å². The van der Waals surface area contributed by atoms with Gasteiger partial charge >= 0.3 is 12.0 Å². The average molecular weight is 359 g/mol. The minimum atomic E-state index is -0.638. The van der Waals surface area contributed by atoms with Gasteiger partial charge in [0.25, 0.3) is 0 Å². The van der Waals surface area contributed by atoms with Crippen molar-refractivity contribution < 1.29 is 19.1 Å². The summed E-state index contributed by atoms with van der Waals surface area (Å²) in [6, 6.07) is 6.17. The van der Waals surface area contributed by atoms with Crippen LogP contribution in [0, 0.1) is 0 Å². The number of carbonyl (C=O) groups excluding carboxylic acids is 3. The first-order valence-corrected chi connectivity index (χ1v) is 8.70. The number of ether oxygens (including phenoxy) is 1. The van der Waals surface area contributed by atoms with Crippen LogP contribution in [0.1, 0.15) is 45.2 Å². The number of nitrogens with zero attached hydrogens (tertiary/aromatic N) is 1. The Morgan fingerprint density at radius 1 is 1.31 bits per heavy atom. The predicted molar refractivity (Wildman–Crippen MR) is 98.3 cm³/mol. The normalized spacial score (nSPS) is 17.0. The minimum Gasteiger partial charge on any atom is -0.463 e. The average Bonchev–Trinajstić information content (AvgIpc) is 2.60. The summed E-state index contributed by atoms with van der Waals surface area (Å²) in [6.07, 6.45) is 1.19. The third-order valence-electron chi connectivity index (χ3n) is 4.23. The van der Waals surface area contributed by atoms with E-state index in [1.54, 1.807) is 45.2 Å². The lowest BCUT2D eigenvalue weighted by Gasteiger charge is -2.33. The van der Waals surface area contributed by atoms with Crippen LogP contribution in [0.25, 0.3) is 0 Å². The Morgan fingerprint density at radius 2 is 2.04 bits per heavy atom. The summed E-state index contributed by atoms with van der Waals surface area (Å²) in [5, 5.41) is 5.65. The second-order valence-electron chi connectivity index (χ2n) is 6.08. The van der Waals surface area contributed by atoms with Crippen LogP contribution >= 0.6 is 0 Å². The van der Waals surface area contributed by atoms with Crippen LogP contribution in [0.4, 0.5) is 10.5 Å². The molecule has 26 heavy (non-hydrogen) atoms. The Morgan fingerprint density at radius 3 is 2.69 bits per heavy atom. The number of carbonyl (C=O) groups is 3. The number of amides is 3. The summed E-state index contributed by atoms with van der Waals surface area (Å²) < 4.78 is 5.17. The van der Waals surface area contributed by atoms with Crippen molar-refractivity contribution in [3.63, 3.8) is 0 Å². The molecule has 1 aromatic rings. The maximum absolute atomic E-state index is 12.5. The monoisotopic (exact) mass is 359 g/mol. The lowest BCUT2D eigenvalue weighted by atomic mass is 9.94. The van der Waals surface area contributed by atoms with Gasteiger partial charge in [-0.15, -0.1) is 0 Å². The molecule has 7 heteroatoms. The molecule has 3 amide bonds. The Labute approximate surface area is 153 Å². The lowest BCUT2D eigenvalue weighted by molar-refractivity contribution is -0.139. The number of anilines is 1. The van der Waals surface area contributed by atoms with E-state index in [4.69, 9.17) is 4.74 Å². The highest BCUT2D eigenvalue weighted by Crippen LogP contribution is 2.31. The number of benzene rings is 1. The molecular formula is C19H25N3O4. The van der Waals surface area contributed by atoms with Crippen LogP contribution < -0.4 is 10.6 Å². The highest BCUT2D eigenvalue weighted by atomic mass is 16.5.